The first-order valence-corrected chi connectivity index (χ1v) is 11.5. The standard InChI is InChI=1S/C28H23N7O/c1-17(32-27-24(29-4)16-31-19(3)34-27)25-15-20-9-8-12-22(23-13-14-30-18(2)33-23)26(20)28(36)35(25)21-10-6-5-7-11-21/h5-17H,1-3H3,(H,31,32,34)/t17-/m0/s1. The van der Waals surface area contributed by atoms with Crippen molar-refractivity contribution in [2.45, 2.75) is 26.8 Å². The third kappa shape index (κ3) is 4.18. The number of aryl methyl sites for hydroxylation is 2. The average Bonchev–Trinajstić information content (AvgIpc) is 2.89. The van der Waals surface area contributed by atoms with E-state index in [9.17, 15) is 4.79 Å². The second-order valence-corrected chi connectivity index (χ2v) is 8.43. The third-order valence-electron chi connectivity index (χ3n) is 5.95. The Hall–Kier alpha value is -4.90. The predicted octanol–water partition coefficient (Wildman–Crippen LogP) is 5.58. The lowest BCUT2D eigenvalue weighted by Crippen LogP contribution is -2.26. The first-order valence-electron chi connectivity index (χ1n) is 11.5. The van der Waals surface area contributed by atoms with Gasteiger partial charge < -0.3 is 5.32 Å². The molecule has 0 aliphatic heterocycles. The molecule has 0 radical (unpaired) electrons. The Kier molecular flexibility index (Phi) is 5.97. The molecule has 0 amide bonds. The molecule has 2 aromatic carbocycles. The number of benzene rings is 2. The molecule has 0 saturated carbocycles. The normalized spacial score (nSPS) is 11.7. The van der Waals surface area contributed by atoms with Gasteiger partial charge in [0.1, 0.15) is 17.5 Å². The van der Waals surface area contributed by atoms with Gasteiger partial charge in [0, 0.05) is 29.3 Å². The van der Waals surface area contributed by atoms with Crippen molar-refractivity contribution in [3.63, 3.8) is 0 Å². The van der Waals surface area contributed by atoms with E-state index < -0.39 is 0 Å². The SMILES string of the molecule is [C-]#[N+]c1cnc(C)nc1N[C@@H](C)c1cc2cccc(-c3ccnc(C)n3)c2c(=O)n1-c1ccccc1. The number of aromatic nitrogens is 5. The minimum absolute atomic E-state index is 0.154. The minimum atomic E-state index is -0.345. The van der Waals surface area contributed by atoms with Gasteiger partial charge in [-0.25, -0.2) is 19.8 Å². The molecule has 8 nitrogen and oxygen atoms in total. The first kappa shape index (κ1) is 22.9. The van der Waals surface area contributed by atoms with Crippen molar-refractivity contribution in [2.75, 3.05) is 5.32 Å². The highest BCUT2D eigenvalue weighted by atomic mass is 16.1. The lowest BCUT2D eigenvalue weighted by Gasteiger charge is -2.22. The fourth-order valence-electron chi connectivity index (χ4n) is 4.29. The quantitative estimate of drug-likeness (QED) is 0.335. The largest absolute Gasteiger partial charge is 0.371 e. The molecule has 0 saturated heterocycles. The molecule has 8 heteroatoms. The van der Waals surface area contributed by atoms with Crippen LogP contribution >= 0.6 is 0 Å². The zero-order chi connectivity index (χ0) is 25.2. The van der Waals surface area contributed by atoms with Gasteiger partial charge in [0.15, 0.2) is 0 Å². The van der Waals surface area contributed by atoms with E-state index in [1.54, 1.807) is 17.7 Å². The summed E-state index contributed by atoms with van der Waals surface area (Å²) in [7, 11) is 0. The molecule has 176 valence electrons. The van der Waals surface area contributed by atoms with Gasteiger partial charge in [-0.1, -0.05) is 36.4 Å². The number of fused-ring (bicyclic) bond motifs is 1. The van der Waals surface area contributed by atoms with Crippen LogP contribution in [0.1, 0.15) is 30.3 Å². The van der Waals surface area contributed by atoms with Gasteiger partial charge in [-0.05, 0) is 50.4 Å². The Morgan fingerprint density at radius 3 is 2.50 bits per heavy atom. The van der Waals surface area contributed by atoms with Gasteiger partial charge in [0.25, 0.3) is 5.56 Å². The number of anilines is 1. The summed E-state index contributed by atoms with van der Waals surface area (Å²) in [6.07, 6.45) is 3.20. The van der Waals surface area contributed by atoms with Gasteiger partial charge in [-0.2, -0.15) is 0 Å². The average molecular weight is 474 g/mol. The van der Waals surface area contributed by atoms with Crippen LogP contribution in [0.3, 0.4) is 0 Å². The van der Waals surface area contributed by atoms with Crippen molar-refractivity contribution in [1.29, 1.82) is 0 Å². The van der Waals surface area contributed by atoms with Crippen molar-refractivity contribution < 1.29 is 0 Å². The number of nitrogens with one attached hydrogen (secondary N) is 1. The molecule has 1 N–H and O–H groups in total. The van der Waals surface area contributed by atoms with Crippen molar-refractivity contribution in [3.05, 3.63) is 112 Å². The zero-order valence-electron chi connectivity index (χ0n) is 20.1. The Morgan fingerprint density at radius 1 is 0.972 bits per heavy atom. The summed E-state index contributed by atoms with van der Waals surface area (Å²) in [6, 6.07) is 18.8. The highest BCUT2D eigenvalue weighted by Gasteiger charge is 2.20. The van der Waals surface area contributed by atoms with E-state index in [-0.39, 0.29) is 11.6 Å². The lowest BCUT2D eigenvalue weighted by molar-refractivity contribution is 0.772. The molecule has 5 rings (SSSR count). The highest BCUT2D eigenvalue weighted by Crippen LogP contribution is 2.31. The fourth-order valence-corrected chi connectivity index (χ4v) is 4.29. The van der Waals surface area contributed by atoms with Gasteiger partial charge in [-0.3, -0.25) is 14.3 Å². The lowest BCUT2D eigenvalue weighted by atomic mass is 10.0. The molecule has 3 aromatic heterocycles. The summed E-state index contributed by atoms with van der Waals surface area (Å²) >= 11 is 0. The Balaban J connectivity index is 1.75. The smallest absolute Gasteiger partial charge is 0.263 e. The van der Waals surface area contributed by atoms with Crippen LogP contribution in [0.2, 0.25) is 0 Å². The van der Waals surface area contributed by atoms with Crippen LogP contribution in [0, 0.1) is 20.4 Å². The maximum absolute atomic E-state index is 14.2. The van der Waals surface area contributed by atoms with Crippen LogP contribution in [0.15, 0.2) is 77.9 Å². The zero-order valence-corrected chi connectivity index (χ0v) is 20.1. The highest BCUT2D eigenvalue weighted by molar-refractivity contribution is 5.95. The predicted molar refractivity (Wildman–Crippen MR) is 140 cm³/mol. The molecular weight excluding hydrogens is 450 g/mol. The summed E-state index contributed by atoms with van der Waals surface area (Å²) in [4.78, 5) is 35.0. The van der Waals surface area contributed by atoms with Crippen molar-refractivity contribution in [1.82, 2.24) is 24.5 Å². The molecule has 0 fully saturated rings. The molecule has 0 aliphatic rings. The van der Waals surface area contributed by atoms with Crippen LogP contribution in [-0.2, 0) is 0 Å². The molecule has 36 heavy (non-hydrogen) atoms. The van der Waals surface area contributed by atoms with E-state index in [1.165, 1.54) is 6.20 Å². The van der Waals surface area contributed by atoms with Gasteiger partial charge >= 0.3 is 0 Å². The summed E-state index contributed by atoms with van der Waals surface area (Å²) < 4.78 is 1.71. The Bertz CT molecular complexity index is 1690. The summed E-state index contributed by atoms with van der Waals surface area (Å²) in [5.41, 5.74) is 3.10. The summed E-state index contributed by atoms with van der Waals surface area (Å²) in [5.74, 6) is 1.63. The Morgan fingerprint density at radius 2 is 1.75 bits per heavy atom. The van der Waals surface area contributed by atoms with Crippen molar-refractivity contribution in [2.24, 2.45) is 0 Å². The minimum Gasteiger partial charge on any atom is -0.371 e. The molecule has 1 atom stereocenters. The number of hydrogen-bond acceptors (Lipinski definition) is 6. The van der Waals surface area contributed by atoms with E-state index in [2.05, 4.69) is 30.1 Å². The van der Waals surface area contributed by atoms with Crippen LogP contribution in [0.25, 0.3) is 32.6 Å². The second-order valence-electron chi connectivity index (χ2n) is 8.43. The van der Waals surface area contributed by atoms with Crippen LogP contribution in [0.5, 0.6) is 0 Å². The number of pyridine rings is 1. The number of hydrogen-bond donors (Lipinski definition) is 1. The topological polar surface area (TPSA) is 90.0 Å². The maximum Gasteiger partial charge on any atom is 0.263 e. The van der Waals surface area contributed by atoms with Crippen LogP contribution in [0.4, 0.5) is 11.5 Å². The van der Waals surface area contributed by atoms with E-state index in [0.29, 0.717) is 34.2 Å². The molecule has 0 bridgehead atoms. The van der Waals surface area contributed by atoms with E-state index in [4.69, 9.17) is 6.57 Å². The molecule has 3 heterocycles. The Labute approximate surface area is 208 Å². The third-order valence-corrected chi connectivity index (χ3v) is 5.95. The molecular formula is C28H23N7O. The van der Waals surface area contributed by atoms with Crippen LogP contribution < -0.4 is 10.9 Å². The number of para-hydroxylation sites is 1. The molecule has 0 aliphatic carbocycles. The second kappa shape index (κ2) is 9.39. The van der Waals surface area contributed by atoms with Gasteiger partial charge in [0.05, 0.1) is 23.7 Å². The molecule has 5 aromatic rings. The monoisotopic (exact) mass is 473 g/mol. The maximum atomic E-state index is 14.2. The van der Waals surface area contributed by atoms with E-state index in [0.717, 1.165) is 22.3 Å². The summed E-state index contributed by atoms with van der Waals surface area (Å²) in [5, 5.41) is 4.71. The van der Waals surface area contributed by atoms with Crippen LogP contribution in [-0.4, -0.2) is 24.5 Å². The first-order chi connectivity index (χ1) is 17.5. The number of nitrogens with zero attached hydrogens (tertiary/aromatic N) is 6. The molecule has 0 unspecified atom stereocenters. The van der Waals surface area contributed by atoms with E-state index in [1.807, 2.05) is 74.5 Å². The van der Waals surface area contributed by atoms with E-state index >= 15 is 0 Å². The number of rotatable bonds is 5. The summed E-state index contributed by atoms with van der Waals surface area (Å²) in [6.45, 7) is 13.0. The van der Waals surface area contributed by atoms with Gasteiger partial charge in [-0.15, -0.1) is 0 Å². The fraction of sp³-hybridized carbons (Fsp3) is 0.143. The van der Waals surface area contributed by atoms with Crippen molar-refractivity contribution in [3.8, 4) is 16.9 Å². The van der Waals surface area contributed by atoms with Crippen molar-refractivity contribution >= 4 is 22.3 Å². The molecule has 0 spiro atoms. The van der Waals surface area contributed by atoms with Gasteiger partial charge in [0.2, 0.25) is 5.69 Å².